The first kappa shape index (κ1) is 21.2. The van der Waals surface area contributed by atoms with Crippen LogP contribution in [0.15, 0.2) is 48.5 Å². The number of carbonyl (C=O) groups excluding carboxylic acids is 1. The van der Waals surface area contributed by atoms with Gasteiger partial charge in [-0.3, -0.25) is 4.79 Å². The second-order valence-electron chi connectivity index (χ2n) is 8.41. The Bertz CT molecular complexity index is 884. The number of nitrogens with zero attached hydrogens (tertiary/aromatic N) is 2. The van der Waals surface area contributed by atoms with Gasteiger partial charge in [0.1, 0.15) is 0 Å². The van der Waals surface area contributed by atoms with Crippen LogP contribution in [0.3, 0.4) is 0 Å². The zero-order valence-corrected chi connectivity index (χ0v) is 18.0. The molecule has 0 saturated carbocycles. The fourth-order valence-electron chi connectivity index (χ4n) is 4.70. The Morgan fingerprint density at radius 3 is 2.67 bits per heavy atom. The predicted molar refractivity (Wildman–Crippen MR) is 119 cm³/mol. The van der Waals surface area contributed by atoms with Gasteiger partial charge in [0.25, 0.3) is 5.91 Å². The Morgan fingerprint density at radius 2 is 1.90 bits per heavy atom. The Kier molecular flexibility index (Phi) is 6.61. The smallest absolute Gasteiger partial charge is 0.255 e. The number of hydrogen-bond acceptors (Lipinski definition) is 4. The number of rotatable bonds is 5. The van der Waals surface area contributed by atoms with E-state index in [4.69, 9.17) is 16.3 Å². The summed E-state index contributed by atoms with van der Waals surface area (Å²) in [5, 5.41) is 11.0. The van der Waals surface area contributed by atoms with Crippen molar-refractivity contribution in [3.8, 4) is 0 Å². The van der Waals surface area contributed by atoms with Gasteiger partial charge in [0.2, 0.25) is 0 Å². The van der Waals surface area contributed by atoms with Crippen LogP contribution in [0.2, 0.25) is 5.02 Å². The van der Waals surface area contributed by atoms with Gasteiger partial charge in [0.15, 0.2) is 0 Å². The van der Waals surface area contributed by atoms with Crippen molar-refractivity contribution in [3.05, 3.63) is 64.7 Å². The number of hydrogen-bond donors (Lipinski definition) is 1. The van der Waals surface area contributed by atoms with E-state index in [1.165, 1.54) is 0 Å². The summed E-state index contributed by atoms with van der Waals surface area (Å²) in [7, 11) is 0. The average Bonchev–Trinajstić information content (AvgIpc) is 2.79. The molecule has 2 heterocycles. The molecule has 1 amide bonds. The fraction of sp³-hybridized carbons (Fsp3) is 0.458. The van der Waals surface area contributed by atoms with Gasteiger partial charge in [-0.25, -0.2) is 0 Å². The van der Waals surface area contributed by atoms with Crippen LogP contribution in [-0.4, -0.2) is 61.9 Å². The highest BCUT2D eigenvalue weighted by molar-refractivity contribution is 6.30. The molecule has 2 saturated heterocycles. The molecular formula is C24H29ClN2O3. The quantitative estimate of drug-likeness (QED) is 0.790. The average molecular weight is 429 g/mol. The van der Waals surface area contributed by atoms with E-state index in [0.717, 1.165) is 42.7 Å². The maximum Gasteiger partial charge on any atom is 0.255 e. The van der Waals surface area contributed by atoms with E-state index in [1.807, 2.05) is 53.4 Å². The monoisotopic (exact) mass is 428 g/mol. The van der Waals surface area contributed by atoms with Crippen LogP contribution in [0.5, 0.6) is 0 Å². The first-order chi connectivity index (χ1) is 14.6. The van der Waals surface area contributed by atoms with Gasteiger partial charge in [0.05, 0.1) is 25.4 Å². The van der Waals surface area contributed by atoms with Gasteiger partial charge < -0.3 is 19.6 Å². The van der Waals surface area contributed by atoms with Crippen LogP contribution < -0.4 is 4.90 Å². The SMILES string of the molecule is O=C(c1ccccc1N1CCOCC1)N1CCC[C@@](CO)(Cc2cccc(Cl)c2)C1. The Morgan fingerprint density at radius 1 is 1.10 bits per heavy atom. The molecule has 0 spiro atoms. The molecule has 0 aromatic heterocycles. The van der Waals surface area contributed by atoms with Crippen LogP contribution >= 0.6 is 11.6 Å². The maximum absolute atomic E-state index is 13.5. The molecule has 6 heteroatoms. The number of aliphatic hydroxyl groups excluding tert-OH is 1. The molecule has 2 aromatic rings. The minimum absolute atomic E-state index is 0.0423. The molecule has 0 bridgehead atoms. The molecule has 5 nitrogen and oxygen atoms in total. The third-order valence-corrected chi connectivity index (χ3v) is 6.47. The number of carbonyl (C=O) groups is 1. The Balaban J connectivity index is 1.55. The summed E-state index contributed by atoms with van der Waals surface area (Å²) < 4.78 is 5.47. The molecule has 2 aliphatic heterocycles. The highest BCUT2D eigenvalue weighted by Crippen LogP contribution is 2.35. The van der Waals surface area contributed by atoms with Crippen LogP contribution in [0.4, 0.5) is 5.69 Å². The second kappa shape index (κ2) is 9.38. The molecule has 30 heavy (non-hydrogen) atoms. The normalized spacial score (nSPS) is 22.2. The van der Waals surface area contributed by atoms with Gasteiger partial charge in [0, 0.05) is 42.3 Å². The number of halogens is 1. The van der Waals surface area contributed by atoms with Gasteiger partial charge in [-0.2, -0.15) is 0 Å². The van der Waals surface area contributed by atoms with Crippen molar-refractivity contribution < 1.29 is 14.6 Å². The highest BCUT2D eigenvalue weighted by Gasteiger charge is 2.37. The molecule has 160 valence electrons. The number of piperidine rings is 1. The van der Waals surface area contributed by atoms with E-state index in [9.17, 15) is 9.90 Å². The van der Waals surface area contributed by atoms with Crippen LogP contribution in [0.25, 0.3) is 0 Å². The molecule has 0 unspecified atom stereocenters. The number of amides is 1. The lowest BCUT2D eigenvalue weighted by atomic mass is 9.75. The predicted octanol–water partition coefficient (Wildman–Crippen LogP) is 3.63. The van der Waals surface area contributed by atoms with E-state index in [-0.39, 0.29) is 17.9 Å². The second-order valence-corrected chi connectivity index (χ2v) is 8.85. The van der Waals surface area contributed by atoms with Crippen molar-refractivity contribution in [1.82, 2.24) is 4.90 Å². The number of morpholine rings is 1. The van der Waals surface area contributed by atoms with Crippen molar-refractivity contribution in [2.75, 3.05) is 50.9 Å². The summed E-state index contributed by atoms with van der Waals surface area (Å²) in [5.74, 6) is 0.0423. The first-order valence-electron chi connectivity index (χ1n) is 10.7. The van der Waals surface area contributed by atoms with Crippen molar-refractivity contribution in [3.63, 3.8) is 0 Å². The summed E-state index contributed by atoms with van der Waals surface area (Å²) >= 11 is 6.16. The number of benzene rings is 2. The van der Waals surface area contributed by atoms with Crippen molar-refractivity contribution in [2.45, 2.75) is 19.3 Å². The van der Waals surface area contributed by atoms with Gasteiger partial charge in [-0.05, 0) is 49.1 Å². The van der Waals surface area contributed by atoms with Crippen molar-refractivity contribution >= 4 is 23.2 Å². The summed E-state index contributed by atoms with van der Waals surface area (Å²) in [5.41, 5.74) is 2.46. The maximum atomic E-state index is 13.5. The van der Waals surface area contributed by atoms with Crippen molar-refractivity contribution in [1.29, 1.82) is 0 Å². The van der Waals surface area contributed by atoms with E-state index in [0.29, 0.717) is 37.7 Å². The van der Waals surface area contributed by atoms with Crippen molar-refractivity contribution in [2.24, 2.45) is 5.41 Å². The molecule has 4 rings (SSSR count). The lowest BCUT2D eigenvalue weighted by Crippen LogP contribution is -2.49. The molecule has 2 aromatic carbocycles. The van der Waals surface area contributed by atoms with Gasteiger partial charge in [-0.1, -0.05) is 35.9 Å². The first-order valence-corrected chi connectivity index (χ1v) is 11.0. The summed E-state index contributed by atoms with van der Waals surface area (Å²) in [6.07, 6.45) is 2.48. The number of para-hydroxylation sites is 1. The summed E-state index contributed by atoms with van der Waals surface area (Å²) in [6, 6.07) is 15.6. The Labute approximate surface area is 183 Å². The number of anilines is 1. The molecule has 0 radical (unpaired) electrons. The van der Waals surface area contributed by atoms with E-state index in [2.05, 4.69) is 4.90 Å². The highest BCUT2D eigenvalue weighted by atomic mass is 35.5. The lowest BCUT2D eigenvalue weighted by Gasteiger charge is -2.42. The fourth-order valence-corrected chi connectivity index (χ4v) is 4.91. The molecule has 0 aliphatic carbocycles. The number of likely N-dealkylation sites (tertiary alicyclic amines) is 1. The number of aliphatic hydroxyl groups is 1. The molecule has 1 atom stereocenters. The molecule has 1 N–H and O–H groups in total. The van der Waals surface area contributed by atoms with Gasteiger partial charge >= 0.3 is 0 Å². The molecule has 2 fully saturated rings. The summed E-state index contributed by atoms with van der Waals surface area (Å²) in [6.45, 7) is 4.26. The third-order valence-electron chi connectivity index (χ3n) is 6.24. The lowest BCUT2D eigenvalue weighted by molar-refractivity contribution is 0.0272. The summed E-state index contributed by atoms with van der Waals surface area (Å²) in [4.78, 5) is 17.7. The van der Waals surface area contributed by atoms with E-state index in [1.54, 1.807) is 0 Å². The van der Waals surface area contributed by atoms with Gasteiger partial charge in [-0.15, -0.1) is 0 Å². The zero-order chi connectivity index (χ0) is 21.0. The molecular weight excluding hydrogens is 400 g/mol. The van der Waals surface area contributed by atoms with E-state index < -0.39 is 0 Å². The molecule has 2 aliphatic rings. The minimum atomic E-state index is -0.341. The van der Waals surface area contributed by atoms with Crippen LogP contribution in [0, 0.1) is 5.41 Å². The standard InChI is InChI=1S/C24H29ClN2O3/c25-20-6-3-5-19(15-20)16-24(18-28)9-4-10-27(17-24)23(29)21-7-1-2-8-22(21)26-11-13-30-14-12-26/h1-3,5-8,15,28H,4,9-14,16-18H2/t24-/m1/s1. The van der Waals surface area contributed by atoms with Crippen LogP contribution in [-0.2, 0) is 11.2 Å². The number of ether oxygens (including phenoxy) is 1. The Hall–Kier alpha value is -2.08. The van der Waals surface area contributed by atoms with Crippen LogP contribution in [0.1, 0.15) is 28.8 Å². The largest absolute Gasteiger partial charge is 0.396 e. The third kappa shape index (κ3) is 4.64. The minimum Gasteiger partial charge on any atom is -0.396 e. The topological polar surface area (TPSA) is 53.0 Å². The van der Waals surface area contributed by atoms with E-state index >= 15 is 0 Å². The zero-order valence-electron chi connectivity index (χ0n) is 17.2.